The normalized spacial score (nSPS) is 19.1. The van der Waals surface area contributed by atoms with Crippen molar-refractivity contribution in [3.8, 4) is 0 Å². The Hall–Kier alpha value is -1.82. The number of ether oxygens (including phenoxy) is 1. The number of sulfone groups is 1. The Balaban J connectivity index is 1.93. The molecule has 1 aliphatic heterocycles. The van der Waals surface area contributed by atoms with Gasteiger partial charge < -0.3 is 10.1 Å². The molecule has 1 aromatic carbocycles. The van der Waals surface area contributed by atoms with Gasteiger partial charge in [-0.3, -0.25) is 0 Å². The Bertz CT molecular complexity index is 611. The average Bonchev–Trinajstić information content (AvgIpc) is 2.50. The highest BCUT2D eigenvalue weighted by Gasteiger charge is 2.37. The predicted molar refractivity (Wildman–Crippen MR) is 85.2 cm³/mol. The predicted octanol–water partition coefficient (Wildman–Crippen LogP) is 2.44. The SMILES string of the molecule is C=CCC1(NC(=O)OCc2ccccc2)CCS(=O)(=O)CC1. The Kier molecular flexibility index (Phi) is 5.24. The van der Waals surface area contributed by atoms with Gasteiger partial charge in [-0.1, -0.05) is 36.4 Å². The van der Waals surface area contributed by atoms with Gasteiger partial charge in [0.15, 0.2) is 0 Å². The molecular weight excluding hydrogens is 302 g/mol. The van der Waals surface area contributed by atoms with E-state index in [0.717, 1.165) is 5.56 Å². The van der Waals surface area contributed by atoms with Crippen molar-refractivity contribution in [1.29, 1.82) is 0 Å². The van der Waals surface area contributed by atoms with Crippen molar-refractivity contribution in [2.24, 2.45) is 0 Å². The van der Waals surface area contributed by atoms with Gasteiger partial charge >= 0.3 is 6.09 Å². The fraction of sp³-hybridized carbons (Fsp3) is 0.438. The molecule has 22 heavy (non-hydrogen) atoms. The summed E-state index contributed by atoms with van der Waals surface area (Å²) in [4.78, 5) is 12.0. The lowest BCUT2D eigenvalue weighted by Crippen LogP contribution is -2.53. The quantitative estimate of drug-likeness (QED) is 0.845. The number of amides is 1. The van der Waals surface area contributed by atoms with Gasteiger partial charge in [0.2, 0.25) is 0 Å². The van der Waals surface area contributed by atoms with Gasteiger partial charge in [-0.2, -0.15) is 0 Å². The number of alkyl carbamates (subject to hydrolysis) is 1. The molecule has 0 saturated carbocycles. The summed E-state index contributed by atoms with van der Waals surface area (Å²) in [5.74, 6) is 0.166. The van der Waals surface area contributed by atoms with Gasteiger partial charge in [0.05, 0.1) is 11.5 Å². The second-order valence-corrected chi connectivity index (χ2v) is 7.92. The molecule has 1 fully saturated rings. The summed E-state index contributed by atoms with van der Waals surface area (Å²) >= 11 is 0. The smallest absolute Gasteiger partial charge is 0.407 e. The molecule has 5 nitrogen and oxygen atoms in total. The van der Waals surface area contributed by atoms with Crippen LogP contribution in [0.4, 0.5) is 4.79 Å². The molecule has 2 rings (SSSR count). The number of carbonyl (C=O) groups is 1. The molecule has 1 amide bonds. The molecule has 0 aromatic heterocycles. The monoisotopic (exact) mass is 323 g/mol. The second-order valence-electron chi connectivity index (χ2n) is 5.61. The van der Waals surface area contributed by atoms with E-state index < -0.39 is 21.5 Å². The summed E-state index contributed by atoms with van der Waals surface area (Å²) in [6.07, 6.45) is 2.49. The molecule has 0 atom stereocenters. The van der Waals surface area contributed by atoms with Crippen LogP contribution in [0.25, 0.3) is 0 Å². The van der Waals surface area contributed by atoms with E-state index in [1.807, 2.05) is 30.3 Å². The van der Waals surface area contributed by atoms with Crippen LogP contribution >= 0.6 is 0 Å². The third-order valence-corrected chi connectivity index (χ3v) is 5.55. The third-order valence-electron chi connectivity index (χ3n) is 3.90. The first kappa shape index (κ1) is 16.5. The lowest BCUT2D eigenvalue weighted by atomic mass is 9.89. The minimum atomic E-state index is -2.99. The number of hydrogen-bond acceptors (Lipinski definition) is 4. The summed E-state index contributed by atoms with van der Waals surface area (Å²) in [5, 5.41) is 2.84. The molecule has 1 aliphatic rings. The van der Waals surface area contributed by atoms with Gasteiger partial charge in [0.25, 0.3) is 0 Å². The van der Waals surface area contributed by atoms with E-state index in [9.17, 15) is 13.2 Å². The largest absolute Gasteiger partial charge is 0.445 e. The summed E-state index contributed by atoms with van der Waals surface area (Å²) in [7, 11) is -2.99. The van der Waals surface area contributed by atoms with Crippen molar-refractivity contribution >= 4 is 15.9 Å². The van der Waals surface area contributed by atoms with Gasteiger partial charge in [0.1, 0.15) is 16.4 Å². The molecule has 0 unspecified atom stereocenters. The number of carbonyl (C=O) groups excluding carboxylic acids is 1. The fourth-order valence-electron chi connectivity index (χ4n) is 2.56. The fourth-order valence-corrected chi connectivity index (χ4v) is 4.17. The summed E-state index contributed by atoms with van der Waals surface area (Å²) in [5.41, 5.74) is 0.336. The highest BCUT2D eigenvalue weighted by molar-refractivity contribution is 7.91. The van der Waals surface area contributed by atoms with Crippen molar-refractivity contribution in [3.05, 3.63) is 48.6 Å². The van der Waals surface area contributed by atoms with Crippen LogP contribution in [0.15, 0.2) is 43.0 Å². The zero-order valence-electron chi connectivity index (χ0n) is 12.5. The lowest BCUT2D eigenvalue weighted by Gasteiger charge is -2.36. The average molecular weight is 323 g/mol. The molecule has 0 bridgehead atoms. The van der Waals surface area contributed by atoms with E-state index in [2.05, 4.69) is 11.9 Å². The minimum absolute atomic E-state index is 0.0831. The van der Waals surface area contributed by atoms with Gasteiger partial charge in [-0.05, 0) is 24.8 Å². The van der Waals surface area contributed by atoms with E-state index in [0.29, 0.717) is 19.3 Å². The number of nitrogens with one attached hydrogen (secondary N) is 1. The van der Waals surface area contributed by atoms with Crippen LogP contribution in [-0.4, -0.2) is 31.6 Å². The molecule has 6 heteroatoms. The van der Waals surface area contributed by atoms with Crippen LogP contribution in [0.1, 0.15) is 24.8 Å². The van der Waals surface area contributed by atoms with Crippen LogP contribution in [0.3, 0.4) is 0 Å². The Morgan fingerprint density at radius 1 is 1.27 bits per heavy atom. The maximum absolute atomic E-state index is 12.0. The van der Waals surface area contributed by atoms with E-state index in [-0.39, 0.29) is 18.1 Å². The van der Waals surface area contributed by atoms with Crippen LogP contribution < -0.4 is 5.32 Å². The second kappa shape index (κ2) is 6.96. The number of benzene rings is 1. The first-order valence-electron chi connectivity index (χ1n) is 7.25. The van der Waals surface area contributed by atoms with E-state index in [1.165, 1.54) is 0 Å². The Morgan fingerprint density at radius 3 is 2.50 bits per heavy atom. The third kappa shape index (κ3) is 4.59. The zero-order valence-corrected chi connectivity index (χ0v) is 13.3. The zero-order chi connectivity index (χ0) is 16.1. The first-order chi connectivity index (χ1) is 10.4. The highest BCUT2D eigenvalue weighted by atomic mass is 32.2. The summed E-state index contributed by atoms with van der Waals surface area (Å²) < 4.78 is 28.4. The maximum Gasteiger partial charge on any atom is 0.407 e. The molecule has 1 heterocycles. The van der Waals surface area contributed by atoms with Gasteiger partial charge in [-0.25, -0.2) is 13.2 Å². The molecular formula is C16H21NO4S. The van der Waals surface area contributed by atoms with Crippen molar-refractivity contribution in [2.75, 3.05) is 11.5 Å². The Labute approximate surface area is 131 Å². The molecule has 1 saturated heterocycles. The van der Waals surface area contributed by atoms with Crippen molar-refractivity contribution in [3.63, 3.8) is 0 Å². The van der Waals surface area contributed by atoms with Crippen LogP contribution in [0.5, 0.6) is 0 Å². The maximum atomic E-state index is 12.0. The van der Waals surface area contributed by atoms with Crippen LogP contribution in [-0.2, 0) is 21.2 Å². The Morgan fingerprint density at radius 2 is 1.91 bits per heavy atom. The first-order valence-corrected chi connectivity index (χ1v) is 9.07. The number of hydrogen-bond donors (Lipinski definition) is 1. The van der Waals surface area contributed by atoms with Crippen LogP contribution in [0.2, 0.25) is 0 Å². The molecule has 120 valence electrons. The molecule has 0 radical (unpaired) electrons. The van der Waals surface area contributed by atoms with Gasteiger partial charge in [0, 0.05) is 5.54 Å². The van der Waals surface area contributed by atoms with Crippen LogP contribution in [0, 0.1) is 0 Å². The summed E-state index contributed by atoms with van der Waals surface area (Å²) in [6, 6.07) is 9.40. The molecule has 1 N–H and O–H groups in total. The van der Waals surface area contributed by atoms with Crippen molar-refractivity contribution in [2.45, 2.75) is 31.4 Å². The summed E-state index contributed by atoms with van der Waals surface area (Å²) in [6.45, 7) is 3.89. The lowest BCUT2D eigenvalue weighted by molar-refractivity contribution is 0.123. The standard InChI is InChI=1S/C16H21NO4S/c1-2-8-16(9-11-22(19,20)12-10-16)17-15(18)21-13-14-6-4-3-5-7-14/h2-7H,1,8-13H2,(H,17,18). The minimum Gasteiger partial charge on any atom is -0.445 e. The van der Waals surface area contributed by atoms with Crippen molar-refractivity contribution < 1.29 is 17.9 Å². The number of rotatable bonds is 5. The molecule has 1 aromatic rings. The van der Waals surface area contributed by atoms with E-state index in [1.54, 1.807) is 6.08 Å². The highest BCUT2D eigenvalue weighted by Crippen LogP contribution is 2.27. The van der Waals surface area contributed by atoms with E-state index >= 15 is 0 Å². The van der Waals surface area contributed by atoms with E-state index in [4.69, 9.17) is 4.74 Å². The van der Waals surface area contributed by atoms with Gasteiger partial charge in [-0.15, -0.1) is 6.58 Å². The topological polar surface area (TPSA) is 72.5 Å². The van der Waals surface area contributed by atoms with Crippen molar-refractivity contribution in [1.82, 2.24) is 5.32 Å². The molecule has 0 spiro atoms. The molecule has 0 aliphatic carbocycles.